The van der Waals surface area contributed by atoms with Gasteiger partial charge < -0.3 is 10.2 Å². The minimum absolute atomic E-state index is 0.227. The third-order valence-electron chi connectivity index (χ3n) is 3.99. The number of carbonyl (C=O) groups is 1. The van der Waals surface area contributed by atoms with Crippen molar-refractivity contribution in [2.45, 2.75) is 33.3 Å². The Bertz CT molecular complexity index is 957. The number of carboxylic acid groups (broad SMARTS) is 1. The zero-order valence-corrected chi connectivity index (χ0v) is 16.2. The average molecular weight is 388 g/mol. The summed E-state index contributed by atoms with van der Waals surface area (Å²) < 4.78 is 25.7. The van der Waals surface area contributed by atoms with Crippen molar-refractivity contribution in [3.05, 3.63) is 58.4 Å². The first-order valence-corrected chi connectivity index (χ1v) is 9.67. The molecule has 0 aliphatic rings. The van der Waals surface area contributed by atoms with Gasteiger partial charge in [-0.1, -0.05) is 29.7 Å². The van der Waals surface area contributed by atoms with Gasteiger partial charge in [-0.15, -0.1) is 0 Å². The Balaban J connectivity index is 2.39. The van der Waals surface area contributed by atoms with E-state index in [0.29, 0.717) is 11.1 Å². The molecule has 2 aromatic rings. The fourth-order valence-electron chi connectivity index (χ4n) is 2.76. The van der Waals surface area contributed by atoms with Gasteiger partial charge in [-0.3, -0.25) is 4.79 Å². The number of aryl methyl sites for hydroxylation is 3. The highest BCUT2D eigenvalue weighted by molar-refractivity contribution is 7.89. The van der Waals surface area contributed by atoms with Gasteiger partial charge in [-0.2, -0.15) is 0 Å². The summed E-state index contributed by atoms with van der Waals surface area (Å²) in [6, 6.07) is 8.70. The van der Waals surface area contributed by atoms with E-state index in [1.54, 1.807) is 19.1 Å². The zero-order valence-electron chi connectivity index (χ0n) is 15.4. The van der Waals surface area contributed by atoms with Gasteiger partial charge in [0.15, 0.2) is 0 Å². The van der Waals surface area contributed by atoms with Crippen LogP contribution < -0.4 is 0 Å². The number of hydrogen-bond donors (Lipinski definition) is 2. The molecule has 27 heavy (non-hydrogen) atoms. The molecular formula is C21H21FO4S. The number of aliphatic hydroxyl groups is 1. The fraction of sp³-hybridized carbons (Fsp3) is 0.286. The molecule has 0 fully saturated rings. The van der Waals surface area contributed by atoms with Crippen molar-refractivity contribution in [1.29, 1.82) is 0 Å². The van der Waals surface area contributed by atoms with Crippen molar-refractivity contribution in [3.8, 4) is 22.3 Å². The number of carboxylic acids is 1. The number of aliphatic hydroxyl groups excluding tert-OH is 1. The van der Waals surface area contributed by atoms with Crippen LogP contribution >= 0.6 is 0 Å². The summed E-state index contributed by atoms with van der Waals surface area (Å²) in [4.78, 5) is 10.6. The third-order valence-corrected chi connectivity index (χ3v) is 5.01. The van der Waals surface area contributed by atoms with Crippen LogP contribution in [-0.2, 0) is 15.6 Å². The summed E-state index contributed by atoms with van der Waals surface area (Å²) in [5.74, 6) is 1.23. The van der Waals surface area contributed by atoms with Gasteiger partial charge in [-0.25, -0.2) is 8.60 Å². The highest BCUT2D eigenvalue weighted by Gasteiger charge is 2.13. The van der Waals surface area contributed by atoms with E-state index in [1.807, 2.05) is 26.0 Å². The van der Waals surface area contributed by atoms with Gasteiger partial charge >= 0.3 is 5.97 Å². The molecule has 0 saturated heterocycles. The van der Waals surface area contributed by atoms with Crippen LogP contribution in [0.3, 0.4) is 0 Å². The quantitative estimate of drug-likeness (QED) is 0.771. The molecule has 0 radical (unpaired) electrons. The Morgan fingerprint density at radius 1 is 1.19 bits per heavy atom. The van der Waals surface area contributed by atoms with Crippen LogP contribution in [0.15, 0.2) is 30.3 Å². The highest BCUT2D eigenvalue weighted by atomic mass is 32.2. The lowest BCUT2D eigenvalue weighted by Gasteiger charge is -2.11. The lowest BCUT2D eigenvalue weighted by Crippen LogP contribution is -2.19. The Labute approximate surface area is 160 Å². The Morgan fingerprint density at radius 2 is 1.89 bits per heavy atom. The molecule has 2 N–H and O–H groups in total. The summed E-state index contributed by atoms with van der Waals surface area (Å²) >= 11 is 0. The molecule has 0 bridgehead atoms. The minimum atomic E-state index is -1.69. The van der Waals surface area contributed by atoms with Crippen LogP contribution in [0.25, 0.3) is 11.1 Å². The first-order chi connectivity index (χ1) is 12.7. The number of rotatable bonds is 5. The monoisotopic (exact) mass is 388 g/mol. The van der Waals surface area contributed by atoms with Gasteiger partial charge in [0.2, 0.25) is 0 Å². The Morgan fingerprint density at radius 3 is 2.52 bits per heavy atom. The van der Waals surface area contributed by atoms with Crippen molar-refractivity contribution in [2.24, 2.45) is 0 Å². The maximum atomic E-state index is 13.6. The standard InChI is InChI=1S/C21H21FO4S/c1-13-8-14(2)18(6-7-27(26)12-17(23)11-21(24)25)19(9-13)16-4-5-20(22)15(3)10-16/h4-5,8-10,17,23H,11-12H2,1-3H3,(H,24,25). The molecular weight excluding hydrogens is 367 g/mol. The second-order valence-electron chi connectivity index (χ2n) is 6.46. The lowest BCUT2D eigenvalue weighted by atomic mass is 9.93. The number of aliphatic carboxylic acids is 1. The molecule has 4 nitrogen and oxygen atoms in total. The topological polar surface area (TPSA) is 74.6 Å². The van der Waals surface area contributed by atoms with Crippen LogP contribution in [0.4, 0.5) is 4.39 Å². The summed E-state index contributed by atoms with van der Waals surface area (Å²) in [5, 5.41) is 20.8. The second-order valence-corrected chi connectivity index (χ2v) is 7.69. The molecule has 0 amide bonds. The Kier molecular flexibility index (Phi) is 6.89. The van der Waals surface area contributed by atoms with E-state index in [1.165, 1.54) is 6.07 Å². The van der Waals surface area contributed by atoms with Crippen LogP contribution in [0, 0.1) is 37.8 Å². The number of halogens is 1. The Hall–Kier alpha value is -2.49. The predicted molar refractivity (Wildman–Crippen MR) is 104 cm³/mol. The molecule has 0 heterocycles. The molecule has 2 unspecified atom stereocenters. The summed E-state index contributed by atoms with van der Waals surface area (Å²) in [6.07, 6.45) is -1.69. The van der Waals surface area contributed by atoms with Crippen LogP contribution in [-0.4, -0.2) is 32.2 Å². The largest absolute Gasteiger partial charge is 0.481 e. The lowest BCUT2D eigenvalue weighted by molar-refractivity contribution is -0.138. The van der Waals surface area contributed by atoms with Crippen LogP contribution in [0.2, 0.25) is 0 Å². The van der Waals surface area contributed by atoms with E-state index in [4.69, 9.17) is 5.11 Å². The smallest absolute Gasteiger partial charge is 0.306 e. The molecule has 0 aromatic heterocycles. The van der Waals surface area contributed by atoms with Crippen molar-refractivity contribution in [1.82, 2.24) is 0 Å². The first kappa shape index (κ1) is 20.8. The summed E-state index contributed by atoms with van der Waals surface area (Å²) in [6.45, 7) is 5.52. The van der Waals surface area contributed by atoms with Crippen LogP contribution in [0.1, 0.15) is 28.7 Å². The molecule has 2 aromatic carbocycles. The highest BCUT2D eigenvalue weighted by Crippen LogP contribution is 2.28. The second kappa shape index (κ2) is 8.94. The number of hydrogen-bond acceptors (Lipinski definition) is 3. The normalized spacial score (nSPS) is 12.8. The molecule has 2 rings (SSSR count). The van der Waals surface area contributed by atoms with E-state index in [-0.39, 0.29) is 11.6 Å². The van der Waals surface area contributed by atoms with Crippen molar-refractivity contribution in [2.75, 3.05) is 5.75 Å². The maximum Gasteiger partial charge on any atom is 0.306 e. The average Bonchev–Trinajstić information content (AvgIpc) is 2.55. The number of benzene rings is 2. The van der Waals surface area contributed by atoms with Gasteiger partial charge in [0.1, 0.15) is 16.6 Å². The predicted octanol–water partition coefficient (Wildman–Crippen LogP) is 3.31. The van der Waals surface area contributed by atoms with Crippen molar-refractivity contribution >= 4 is 16.8 Å². The van der Waals surface area contributed by atoms with Crippen LogP contribution in [0.5, 0.6) is 0 Å². The molecule has 0 aliphatic heterocycles. The molecule has 0 aliphatic carbocycles. The SMILES string of the molecule is Cc1cc(C)c(C#CS(=O)CC(O)CC(=O)O)c(-c2ccc(F)c(C)c2)c1. The van der Waals surface area contributed by atoms with E-state index in [9.17, 15) is 18.5 Å². The maximum absolute atomic E-state index is 13.6. The van der Waals surface area contributed by atoms with E-state index < -0.39 is 29.3 Å². The third kappa shape index (κ3) is 5.75. The fourth-order valence-corrected chi connectivity index (χ4v) is 3.52. The van der Waals surface area contributed by atoms with Crippen molar-refractivity contribution < 1.29 is 23.6 Å². The summed E-state index contributed by atoms with van der Waals surface area (Å²) in [7, 11) is -1.69. The van der Waals surface area contributed by atoms with E-state index in [2.05, 4.69) is 11.2 Å². The minimum Gasteiger partial charge on any atom is -0.481 e. The molecule has 142 valence electrons. The summed E-state index contributed by atoms with van der Waals surface area (Å²) in [5.41, 5.74) is 4.72. The molecule has 6 heteroatoms. The van der Waals surface area contributed by atoms with E-state index >= 15 is 0 Å². The van der Waals surface area contributed by atoms with Crippen molar-refractivity contribution in [3.63, 3.8) is 0 Å². The van der Waals surface area contributed by atoms with Gasteiger partial charge in [0.05, 0.1) is 18.3 Å². The molecule has 0 saturated carbocycles. The van der Waals surface area contributed by atoms with Gasteiger partial charge in [-0.05, 0) is 55.2 Å². The van der Waals surface area contributed by atoms with E-state index in [0.717, 1.165) is 22.3 Å². The molecule has 0 spiro atoms. The van der Waals surface area contributed by atoms with Gasteiger partial charge in [0, 0.05) is 10.8 Å². The van der Waals surface area contributed by atoms with Gasteiger partial charge in [0.25, 0.3) is 0 Å². The zero-order chi connectivity index (χ0) is 20.1. The first-order valence-electron chi connectivity index (χ1n) is 8.35. The molecule has 2 atom stereocenters.